The predicted molar refractivity (Wildman–Crippen MR) is 103 cm³/mol. The molecule has 1 aliphatic rings. The van der Waals surface area contributed by atoms with E-state index in [0.717, 1.165) is 0 Å². The van der Waals surface area contributed by atoms with Crippen LogP contribution in [0.4, 0.5) is 5.69 Å². The van der Waals surface area contributed by atoms with Crippen LogP contribution < -0.4 is 20.9 Å². The van der Waals surface area contributed by atoms with Crippen molar-refractivity contribution in [1.82, 2.24) is 9.78 Å². The molecule has 28 heavy (non-hydrogen) atoms. The zero-order chi connectivity index (χ0) is 19.8. The van der Waals surface area contributed by atoms with Crippen LogP contribution in [-0.2, 0) is 11.3 Å². The second-order valence-electron chi connectivity index (χ2n) is 6.41. The summed E-state index contributed by atoms with van der Waals surface area (Å²) in [5.41, 5.74) is 5.82. The van der Waals surface area contributed by atoms with Gasteiger partial charge >= 0.3 is 0 Å². The van der Waals surface area contributed by atoms with E-state index in [9.17, 15) is 14.4 Å². The monoisotopic (exact) mass is 378 g/mol. The van der Waals surface area contributed by atoms with Gasteiger partial charge in [-0.15, -0.1) is 0 Å². The number of para-hydroxylation sites is 2. The van der Waals surface area contributed by atoms with Crippen molar-refractivity contribution in [2.45, 2.75) is 19.6 Å². The fraction of sp³-hybridized carbons (Fsp3) is 0.200. The van der Waals surface area contributed by atoms with Crippen LogP contribution in [0, 0.1) is 0 Å². The molecule has 0 bridgehead atoms. The second kappa shape index (κ2) is 6.80. The van der Waals surface area contributed by atoms with E-state index >= 15 is 0 Å². The Morgan fingerprint density at radius 3 is 2.54 bits per heavy atom. The number of nitrogens with two attached hydrogens (primary N) is 1. The lowest BCUT2D eigenvalue weighted by molar-refractivity contribution is -0.124. The molecule has 1 aromatic heterocycles. The highest BCUT2D eigenvalue weighted by molar-refractivity contribution is 6.13. The Hall–Kier alpha value is -3.68. The number of rotatable bonds is 3. The molecule has 2 N–H and O–H groups in total. The lowest BCUT2D eigenvalue weighted by Gasteiger charge is -2.33. The first-order chi connectivity index (χ1) is 13.5. The molecule has 0 fully saturated rings. The molecule has 0 aliphatic carbocycles. The molecular formula is C20H18N4O4. The van der Waals surface area contributed by atoms with Crippen LogP contribution in [0.3, 0.4) is 0 Å². The average Bonchev–Trinajstić information content (AvgIpc) is 2.73. The quantitative estimate of drug-likeness (QED) is 0.739. The van der Waals surface area contributed by atoms with Gasteiger partial charge in [0.05, 0.1) is 17.6 Å². The normalized spacial score (nSPS) is 15.8. The molecule has 0 unspecified atom stereocenters. The number of amides is 2. The molecular weight excluding hydrogens is 360 g/mol. The van der Waals surface area contributed by atoms with E-state index in [4.69, 9.17) is 10.5 Å². The van der Waals surface area contributed by atoms with Gasteiger partial charge in [0.25, 0.3) is 17.4 Å². The SMILES string of the molecule is CCn1nc(C(=O)N2C[C@H](C(N)=O)Oc3ccccc32)c2ccccc2c1=O. The van der Waals surface area contributed by atoms with Gasteiger partial charge in [-0.3, -0.25) is 19.3 Å². The number of aromatic nitrogens is 2. The van der Waals surface area contributed by atoms with E-state index in [-0.39, 0.29) is 17.8 Å². The number of fused-ring (bicyclic) bond motifs is 2. The number of hydrogen-bond acceptors (Lipinski definition) is 5. The van der Waals surface area contributed by atoms with E-state index in [1.165, 1.54) is 9.58 Å². The van der Waals surface area contributed by atoms with Crippen LogP contribution in [0.5, 0.6) is 5.75 Å². The minimum atomic E-state index is -0.970. The molecule has 2 amide bonds. The van der Waals surface area contributed by atoms with Gasteiger partial charge in [0.1, 0.15) is 5.75 Å². The van der Waals surface area contributed by atoms with Gasteiger partial charge in [0, 0.05) is 11.9 Å². The van der Waals surface area contributed by atoms with Gasteiger partial charge < -0.3 is 10.5 Å². The van der Waals surface area contributed by atoms with Crippen LogP contribution in [0.25, 0.3) is 10.8 Å². The van der Waals surface area contributed by atoms with E-state index in [1.54, 1.807) is 55.5 Å². The van der Waals surface area contributed by atoms with Crippen molar-refractivity contribution in [3.8, 4) is 5.75 Å². The first kappa shape index (κ1) is 17.7. The molecule has 0 radical (unpaired) electrons. The van der Waals surface area contributed by atoms with Gasteiger partial charge in [-0.1, -0.05) is 30.3 Å². The predicted octanol–water partition coefficient (Wildman–Crippen LogP) is 1.31. The highest BCUT2D eigenvalue weighted by Gasteiger charge is 2.34. The highest BCUT2D eigenvalue weighted by Crippen LogP contribution is 2.34. The van der Waals surface area contributed by atoms with E-state index < -0.39 is 17.9 Å². The van der Waals surface area contributed by atoms with Gasteiger partial charge in [-0.05, 0) is 25.1 Å². The first-order valence-corrected chi connectivity index (χ1v) is 8.88. The fourth-order valence-electron chi connectivity index (χ4n) is 3.31. The summed E-state index contributed by atoms with van der Waals surface area (Å²) in [6, 6.07) is 13.8. The molecule has 2 heterocycles. The lowest BCUT2D eigenvalue weighted by Crippen LogP contribution is -2.49. The zero-order valence-electron chi connectivity index (χ0n) is 15.2. The Bertz CT molecular complexity index is 1150. The van der Waals surface area contributed by atoms with Crippen molar-refractivity contribution >= 4 is 28.3 Å². The average molecular weight is 378 g/mol. The topological polar surface area (TPSA) is 108 Å². The molecule has 1 atom stereocenters. The number of benzene rings is 2. The Labute approximate surface area is 160 Å². The third kappa shape index (κ3) is 2.79. The van der Waals surface area contributed by atoms with Gasteiger partial charge in [-0.25, -0.2) is 4.68 Å². The van der Waals surface area contributed by atoms with Crippen molar-refractivity contribution in [2.24, 2.45) is 5.73 Å². The molecule has 142 valence electrons. The largest absolute Gasteiger partial charge is 0.477 e. The second-order valence-corrected chi connectivity index (χ2v) is 6.41. The number of hydrogen-bond donors (Lipinski definition) is 1. The number of nitrogens with zero attached hydrogens (tertiary/aromatic N) is 3. The Balaban J connectivity index is 1.89. The van der Waals surface area contributed by atoms with Gasteiger partial charge in [-0.2, -0.15) is 5.10 Å². The molecule has 2 aromatic carbocycles. The van der Waals surface area contributed by atoms with Crippen molar-refractivity contribution in [3.05, 3.63) is 64.6 Å². The Morgan fingerprint density at radius 1 is 1.14 bits per heavy atom. The van der Waals surface area contributed by atoms with Gasteiger partial charge in [0.2, 0.25) is 0 Å². The Kier molecular flexibility index (Phi) is 4.31. The third-order valence-electron chi connectivity index (χ3n) is 4.71. The molecule has 0 spiro atoms. The van der Waals surface area contributed by atoms with Crippen LogP contribution in [0.15, 0.2) is 53.3 Å². The summed E-state index contributed by atoms with van der Waals surface area (Å²) < 4.78 is 6.87. The minimum Gasteiger partial charge on any atom is -0.477 e. The molecule has 4 rings (SSSR count). The molecule has 1 aliphatic heterocycles. The number of anilines is 1. The number of carbonyl (C=O) groups excluding carboxylic acids is 2. The number of aryl methyl sites for hydroxylation is 1. The van der Waals surface area contributed by atoms with Crippen molar-refractivity contribution < 1.29 is 14.3 Å². The summed E-state index contributed by atoms with van der Waals surface area (Å²) in [5.74, 6) is -0.705. The number of carbonyl (C=O) groups is 2. The van der Waals surface area contributed by atoms with Crippen molar-refractivity contribution in [1.29, 1.82) is 0 Å². The number of ether oxygens (including phenoxy) is 1. The standard InChI is InChI=1S/C20H18N4O4/c1-2-24-19(26)13-8-4-3-7-12(13)17(22-24)20(27)23-11-16(18(21)25)28-15-10-6-5-9-14(15)23/h3-10,16H,2,11H2,1H3,(H2,21,25)/t16-/m1/s1. The fourth-order valence-corrected chi connectivity index (χ4v) is 3.31. The summed E-state index contributed by atoms with van der Waals surface area (Å²) in [7, 11) is 0. The zero-order valence-corrected chi connectivity index (χ0v) is 15.2. The smallest absolute Gasteiger partial charge is 0.279 e. The van der Waals surface area contributed by atoms with Crippen molar-refractivity contribution in [2.75, 3.05) is 11.4 Å². The maximum atomic E-state index is 13.5. The van der Waals surface area contributed by atoms with Crippen molar-refractivity contribution in [3.63, 3.8) is 0 Å². The minimum absolute atomic E-state index is 0.0353. The molecule has 0 saturated carbocycles. The summed E-state index contributed by atoms with van der Waals surface area (Å²) >= 11 is 0. The van der Waals surface area contributed by atoms with E-state index in [0.29, 0.717) is 28.8 Å². The lowest BCUT2D eigenvalue weighted by atomic mass is 10.1. The van der Waals surface area contributed by atoms with E-state index in [2.05, 4.69) is 5.10 Å². The van der Waals surface area contributed by atoms with Crippen LogP contribution in [0.2, 0.25) is 0 Å². The summed E-state index contributed by atoms with van der Waals surface area (Å²) in [6.07, 6.45) is -0.970. The van der Waals surface area contributed by atoms with Crippen LogP contribution >= 0.6 is 0 Å². The summed E-state index contributed by atoms with van der Waals surface area (Å²) in [6.45, 7) is 2.07. The molecule has 3 aromatic rings. The molecule has 8 nitrogen and oxygen atoms in total. The van der Waals surface area contributed by atoms with E-state index in [1.807, 2.05) is 0 Å². The molecule has 0 saturated heterocycles. The van der Waals surface area contributed by atoms with Gasteiger partial charge in [0.15, 0.2) is 11.8 Å². The highest BCUT2D eigenvalue weighted by atomic mass is 16.5. The molecule has 8 heteroatoms. The van der Waals surface area contributed by atoms with Crippen LogP contribution in [-0.4, -0.2) is 34.2 Å². The maximum Gasteiger partial charge on any atom is 0.279 e. The summed E-state index contributed by atoms with van der Waals surface area (Å²) in [4.78, 5) is 39.2. The van der Waals surface area contributed by atoms with Crippen LogP contribution in [0.1, 0.15) is 17.4 Å². The summed E-state index contributed by atoms with van der Waals surface area (Å²) in [5, 5.41) is 5.17. The maximum absolute atomic E-state index is 13.5. The number of primary amides is 1. The third-order valence-corrected chi connectivity index (χ3v) is 4.71. The Morgan fingerprint density at radius 2 is 1.82 bits per heavy atom. The first-order valence-electron chi connectivity index (χ1n) is 8.88.